The third-order valence-electron chi connectivity index (χ3n) is 4.09. The van der Waals surface area contributed by atoms with Crippen LogP contribution in [-0.2, 0) is 6.54 Å². The topological polar surface area (TPSA) is 79.1 Å². The molecule has 0 bridgehead atoms. The summed E-state index contributed by atoms with van der Waals surface area (Å²) in [7, 11) is 4.07. The van der Waals surface area contributed by atoms with Crippen LogP contribution >= 0.6 is 0 Å². The van der Waals surface area contributed by atoms with Gasteiger partial charge in [-0.3, -0.25) is 0 Å². The van der Waals surface area contributed by atoms with Gasteiger partial charge in [-0.15, -0.1) is 0 Å². The number of nitrogens with one attached hydrogen (secondary N) is 2. The summed E-state index contributed by atoms with van der Waals surface area (Å²) in [5.41, 5.74) is 11.0. The first-order valence-electron chi connectivity index (χ1n) is 8.36. The molecular weight excluding hydrogens is 312 g/mol. The first-order chi connectivity index (χ1) is 12.1. The Morgan fingerprint density at radius 1 is 1.04 bits per heavy atom. The van der Waals surface area contributed by atoms with Gasteiger partial charge < -0.3 is 21.3 Å². The van der Waals surface area contributed by atoms with E-state index in [9.17, 15) is 0 Å². The predicted molar refractivity (Wildman–Crippen MR) is 106 cm³/mol. The summed E-state index contributed by atoms with van der Waals surface area (Å²) in [5.74, 6) is 0.788. The van der Waals surface area contributed by atoms with Crippen LogP contribution in [0.15, 0.2) is 42.7 Å². The summed E-state index contributed by atoms with van der Waals surface area (Å²) < 4.78 is 0. The van der Waals surface area contributed by atoms with Crippen molar-refractivity contribution in [2.45, 2.75) is 13.5 Å². The van der Waals surface area contributed by atoms with Crippen LogP contribution in [0.25, 0.3) is 10.9 Å². The summed E-state index contributed by atoms with van der Waals surface area (Å²) in [6, 6.07) is 12.3. The number of nitrogens with two attached hydrogens (primary N) is 1. The van der Waals surface area contributed by atoms with Crippen molar-refractivity contribution in [1.82, 2.24) is 9.97 Å². The number of hydrogen-bond acceptors (Lipinski definition) is 6. The lowest BCUT2D eigenvalue weighted by molar-refractivity contribution is 1.09. The van der Waals surface area contributed by atoms with E-state index in [1.807, 2.05) is 33.2 Å². The molecule has 0 aliphatic heterocycles. The van der Waals surface area contributed by atoms with E-state index >= 15 is 0 Å². The highest BCUT2D eigenvalue weighted by molar-refractivity contribution is 5.95. The minimum absolute atomic E-state index is 0.689. The molecule has 25 heavy (non-hydrogen) atoms. The fourth-order valence-corrected chi connectivity index (χ4v) is 2.70. The first kappa shape index (κ1) is 16.8. The van der Waals surface area contributed by atoms with Crippen molar-refractivity contribution < 1.29 is 0 Å². The van der Waals surface area contributed by atoms with Gasteiger partial charge in [0.2, 0.25) is 0 Å². The number of benzene rings is 2. The molecule has 130 valence electrons. The van der Waals surface area contributed by atoms with Crippen LogP contribution in [0.5, 0.6) is 0 Å². The molecule has 3 rings (SSSR count). The van der Waals surface area contributed by atoms with Gasteiger partial charge in [0.05, 0.1) is 16.9 Å². The fraction of sp³-hybridized carbons (Fsp3) is 0.263. The highest BCUT2D eigenvalue weighted by atomic mass is 15.1. The molecule has 3 aromatic rings. The van der Waals surface area contributed by atoms with Gasteiger partial charge in [0.15, 0.2) is 0 Å². The van der Waals surface area contributed by atoms with Crippen molar-refractivity contribution in [3.8, 4) is 0 Å². The van der Waals surface area contributed by atoms with E-state index in [0.717, 1.165) is 29.0 Å². The Bertz CT molecular complexity index is 858. The van der Waals surface area contributed by atoms with E-state index in [-0.39, 0.29) is 0 Å². The van der Waals surface area contributed by atoms with Gasteiger partial charge in [-0.2, -0.15) is 0 Å². The third-order valence-corrected chi connectivity index (χ3v) is 4.09. The third kappa shape index (κ3) is 3.74. The maximum Gasteiger partial charge on any atom is 0.137 e. The molecule has 6 nitrogen and oxygen atoms in total. The second-order valence-electron chi connectivity index (χ2n) is 6.12. The van der Waals surface area contributed by atoms with Gasteiger partial charge in [-0.05, 0) is 36.8 Å². The van der Waals surface area contributed by atoms with E-state index in [1.165, 1.54) is 11.3 Å². The molecule has 0 saturated heterocycles. The smallest absolute Gasteiger partial charge is 0.137 e. The SMILES string of the molecule is CCNc1cc2ncnc(NCc3ccc(N(C)C)cc3)c2cc1N. The molecule has 0 spiro atoms. The quantitative estimate of drug-likeness (QED) is 0.599. The maximum atomic E-state index is 6.14. The van der Waals surface area contributed by atoms with Crippen molar-refractivity contribution in [2.24, 2.45) is 0 Å². The van der Waals surface area contributed by atoms with Gasteiger partial charge in [-0.1, -0.05) is 12.1 Å². The van der Waals surface area contributed by atoms with E-state index in [2.05, 4.69) is 49.8 Å². The Labute approximate surface area is 148 Å². The second kappa shape index (κ2) is 7.25. The Morgan fingerprint density at radius 3 is 2.48 bits per heavy atom. The van der Waals surface area contributed by atoms with Crippen molar-refractivity contribution in [2.75, 3.05) is 41.9 Å². The molecule has 1 aromatic heterocycles. The van der Waals surface area contributed by atoms with E-state index in [1.54, 1.807) is 6.33 Å². The van der Waals surface area contributed by atoms with E-state index in [4.69, 9.17) is 5.73 Å². The van der Waals surface area contributed by atoms with Crippen molar-refractivity contribution >= 4 is 33.8 Å². The summed E-state index contributed by atoms with van der Waals surface area (Å²) in [6.07, 6.45) is 1.58. The lowest BCUT2D eigenvalue weighted by Gasteiger charge is -2.14. The van der Waals surface area contributed by atoms with Gasteiger partial charge in [0.25, 0.3) is 0 Å². The molecule has 0 aliphatic carbocycles. The van der Waals surface area contributed by atoms with Gasteiger partial charge >= 0.3 is 0 Å². The fourth-order valence-electron chi connectivity index (χ4n) is 2.70. The van der Waals surface area contributed by atoms with Crippen molar-refractivity contribution in [1.29, 1.82) is 0 Å². The second-order valence-corrected chi connectivity index (χ2v) is 6.12. The largest absolute Gasteiger partial charge is 0.397 e. The molecule has 1 heterocycles. The van der Waals surface area contributed by atoms with Crippen molar-refractivity contribution in [3.63, 3.8) is 0 Å². The molecule has 0 aliphatic rings. The average Bonchev–Trinajstić information content (AvgIpc) is 2.61. The Balaban J connectivity index is 1.82. The van der Waals surface area contributed by atoms with Crippen molar-refractivity contribution in [3.05, 3.63) is 48.3 Å². The minimum Gasteiger partial charge on any atom is -0.397 e. The van der Waals surface area contributed by atoms with Gasteiger partial charge in [-0.25, -0.2) is 9.97 Å². The number of fused-ring (bicyclic) bond motifs is 1. The number of hydrogen-bond donors (Lipinski definition) is 3. The van der Waals surface area contributed by atoms with Crippen LogP contribution in [-0.4, -0.2) is 30.6 Å². The standard InChI is InChI=1S/C19H24N6/c1-4-21-18-10-17-15(9-16(18)20)19(24-12-23-17)22-11-13-5-7-14(8-6-13)25(2)3/h5-10,12,21H,4,11,20H2,1-3H3,(H,22,23,24). The Hall–Kier alpha value is -3.02. The summed E-state index contributed by atoms with van der Waals surface area (Å²) in [4.78, 5) is 10.8. The number of rotatable bonds is 6. The summed E-state index contributed by atoms with van der Waals surface area (Å²) >= 11 is 0. The molecule has 0 amide bonds. The van der Waals surface area contributed by atoms with Gasteiger partial charge in [0, 0.05) is 38.3 Å². The number of aromatic nitrogens is 2. The highest BCUT2D eigenvalue weighted by Gasteiger charge is 2.08. The van der Waals surface area contributed by atoms with Crippen LogP contribution < -0.4 is 21.3 Å². The van der Waals surface area contributed by atoms with E-state index in [0.29, 0.717) is 12.2 Å². The number of nitrogen functional groups attached to an aromatic ring is 1. The zero-order chi connectivity index (χ0) is 17.8. The van der Waals surface area contributed by atoms with Crippen LogP contribution in [0.4, 0.5) is 22.9 Å². The monoisotopic (exact) mass is 336 g/mol. The zero-order valence-electron chi connectivity index (χ0n) is 14.9. The van der Waals surface area contributed by atoms with Crippen LogP contribution in [0.1, 0.15) is 12.5 Å². The first-order valence-corrected chi connectivity index (χ1v) is 8.36. The molecule has 0 saturated carbocycles. The zero-order valence-corrected chi connectivity index (χ0v) is 14.9. The maximum absolute atomic E-state index is 6.14. The molecule has 0 unspecified atom stereocenters. The summed E-state index contributed by atoms with van der Waals surface area (Å²) in [5, 5.41) is 7.56. The number of anilines is 4. The van der Waals surface area contributed by atoms with Crippen LogP contribution in [0.2, 0.25) is 0 Å². The van der Waals surface area contributed by atoms with Gasteiger partial charge in [0.1, 0.15) is 12.1 Å². The molecule has 6 heteroatoms. The molecule has 2 aromatic carbocycles. The summed E-state index contributed by atoms with van der Waals surface area (Å²) in [6.45, 7) is 3.54. The van der Waals surface area contributed by atoms with Crippen LogP contribution in [0, 0.1) is 0 Å². The number of nitrogens with zero attached hydrogens (tertiary/aromatic N) is 3. The normalized spacial score (nSPS) is 10.7. The highest BCUT2D eigenvalue weighted by Crippen LogP contribution is 2.28. The predicted octanol–water partition coefficient (Wildman–Crippen LogP) is 3.32. The average molecular weight is 336 g/mol. The minimum atomic E-state index is 0.689. The molecule has 0 atom stereocenters. The molecule has 0 radical (unpaired) electrons. The lowest BCUT2D eigenvalue weighted by Crippen LogP contribution is -2.09. The lowest BCUT2D eigenvalue weighted by atomic mass is 10.1. The Kier molecular flexibility index (Phi) is 4.88. The Morgan fingerprint density at radius 2 is 1.80 bits per heavy atom. The molecule has 4 N–H and O–H groups in total. The van der Waals surface area contributed by atoms with Crippen LogP contribution in [0.3, 0.4) is 0 Å². The molecular formula is C19H24N6. The molecule has 0 fully saturated rings. The van der Waals surface area contributed by atoms with E-state index < -0.39 is 0 Å².